The summed E-state index contributed by atoms with van der Waals surface area (Å²) in [5.74, 6) is -1.52. The van der Waals surface area contributed by atoms with Gasteiger partial charge in [-0.3, -0.25) is 4.79 Å². The van der Waals surface area contributed by atoms with Crippen molar-refractivity contribution in [3.8, 4) is 0 Å². The maximum Gasteiger partial charge on any atom is 0.326 e. The molecule has 1 atom stereocenters. The topological polar surface area (TPSA) is 123 Å². The van der Waals surface area contributed by atoms with Gasteiger partial charge in [0.15, 0.2) is 0 Å². The number of hydrogen-bond acceptors (Lipinski definition) is 3. The van der Waals surface area contributed by atoms with E-state index in [2.05, 4.69) is 20.9 Å². The van der Waals surface area contributed by atoms with E-state index < -0.39 is 18.0 Å². The van der Waals surface area contributed by atoms with E-state index in [1.807, 2.05) is 55.5 Å². The van der Waals surface area contributed by atoms with Gasteiger partial charge in [-0.2, -0.15) is 0 Å². The van der Waals surface area contributed by atoms with Gasteiger partial charge < -0.3 is 26.0 Å². The second-order valence-corrected chi connectivity index (χ2v) is 7.04. The number of hydrogen-bond donors (Lipinski definition) is 5. The Bertz CT molecular complexity index is 1040. The van der Waals surface area contributed by atoms with Crippen molar-refractivity contribution in [1.29, 1.82) is 0 Å². The summed E-state index contributed by atoms with van der Waals surface area (Å²) < 4.78 is 0. The molecule has 8 heteroatoms. The molecule has 0 saturated heterocycles. The summed E-state index contributed by atoms with van der Waals surface area (Å²) in [5.41, 5.74) is 3.76. The zero-order chi connectivity index (χ0) is 21.5. The number of H-pyrrole nitrogens is 1. The van der Waals surface area contributed by atoms with E-state index in [0.717, 1.165) is 27.6 Å². The third-order valence-corrected chi connectivity index (χ3v) is 4.72. The minimum absolute atomic E-state index is 0.117. The first kappa shape index (κ1) is 20.9. The molecule has 0 aliphatic carbocycles. The van der Waals surface area contributed by atoms with E-state index >= 15 is 0 Å². The van der Waals surface area contributed by atoms with Crippen LogP contribution in [-0.4, -0.2) is 40.6 Å². The molecule has 30 heavy (non-hydrogen) atoms. The third-order valence-electron chi connectivity index (χ3n) is 4.72. The summed E-state index contributed by atoms with van der Waals surface area (Å²) in [5, 5.41) is 17.9. The lowest BCUT2D eigenvalue weighted by Crippen LogP contribution is -2.49. The highest BCUT2D eigenvalue weighted by atomic mass is 16.4. The lowest BCUT2D eigenvalue weighted by Gasteiger charge is -2.15. The fraction of sp³-hybridized carbons (Fsp3) is 0.227. The second kappa shape index (κ2) is 9.60. The molecule has 0 radical (unpaired) electrons. The Hall–Kier alpha value is -3.81. The van der Waals surface area contributed by atoms with Gasteiger partial charge in [0.25, 0.3) is 0 Å². The summed E-state index contributed by atoms with van der Waals surface area (Å²) in [6.07, 6.45) is 1.85. The first-order chi connectivity index (χ1) is 14.4. The van der Waals surface area contributed by atoms with Crippen molar-refractivity contribution >= 4 is 28.8 Å². The van der Waals surface area contributed by atoms with Crippen LogP contribution in [0.15, 0.2) is 54.7 Å². The van der Waals surface area contributed by atoms with Crippen LogP contribution in [0.25, 0.3) is 10.9 Å². The van der Waals surface area contributed by atoms with Crippen LogP contribution in [0, 0.1) is 6.92 Å². The largest absolute Gasteiger partial charge is 0.480 e. The van der Waals surface area contributed by atoms with Crippen molar-refractivity contribution in [2.75, 3.05) is 6.54 Å². The van der Waals surface area contributed by atoms with Gasteiger partial charge in [0.1, 0.15) is 6.04 Å². The molecule has 0 saturated carbocycles. The number of carbonyl (C=O) groups is 3. The van der Waals surface area contributed by atoms with Gasteiger partial charge in [0.2, 0.25) is 5.91 Å². The van der Waals surface area contributed by atoms with Crippen molar-refractivity contribution in [2.24, 2.45) is 0 Å². The monoisotopic (exact) mass is 408 g/mol. The Kier molecular flexibility index (Phi) is 6.69. The number of carboxylic acids is 1. The predicted octanol–water partition coefficient (Wildman–Crippen LogP) is 2.09. The highest BCUT2D eigenvalue weighted by Gasteiger charge is 2.22. The van der Waals surface area contributed by atoms with Crippen LogP contribution < -0.4 is 16.0 Å². The molecule has 1 heterocycles. The van der Waals surface area contributed by atoms with Crippen LogP contribution in [0.2, 0.25) is 0 Å². The Morgan fingerprint density at radius 1 is 1.03 bits per heavy atom. The van der Waals surface area contributed by atoms with Crippen molar-refractivity contribution in [3.63, 3.8) is 0 Å². The van der Waals surface area contributed by atoms with Crippen LogP contribution in [0.5, 0.6) is 0 Å². The highest BCUT2D eigenvalue weighted by molar-refractivity contribution is 5.88. The SMILES string of the molecule is Cc1ccc(CNC(=O)CNC(=O)NC(Cc2c[nH]c3ccccc23)C(=O)O)cc1. The number of urea groups is 1. The first-order valence-corrected chi connectivity index (χ1v) is 9.57. The minimum Gasteiger partial charge on any atom is -0.480 e. The molecule has 0 bridgehead atoms. The van der Waals surface area contributed by atoms with Crippen LogP contribution in [-0.2, 0) is 22.6 Å². The number of fused-ring (bicyclic) bond motifs is 1. The zero-order valence-corrected chi connectivity index (χ0v) is 16.6. The normalized spacial score (nSPS) is 11.6. The molecule has 3 aromatic rings. The highest BCUT2D eigenvalue weighted by Crippen LogP contribution is 2.19. The van der Waals surface area contributed by atoms with Crippen molar-refractivity contribution in [1.82, 2.24) is 20.9 Å². The van der Waals surface area contributed by atoms with E-state index in [1.54, 1.807) is 6.20 Å². The van der Waals surface area contributed by atoms with Crippen molar-refractivity contribution < 1.29 is 19.5 Å². The summed E-state index contributed by atoms with van der Waals surface area (Å²) in [4.78, 5) is 38.7. The van der Waals surface area contributed by atoms with Gasteiger partial charge in [-0.1, -0.05) is 48.0 Å². The molecule has 5 N–H and O–H groups in total. The lowest BCUT2D eigenvalue weighted by atomic mass is 10.1. The molecular weight excluding hydrogens is 384 g/mol. The third kappa shape index (κ3) is 5.60. The van der Waals surface area contributed by atoms with Crippen molar-refractivity contribution in [3.05, 3.63) is 71.4 Å². The predicted molar refractivity (Wildman–Crippen MR) is 113 cm³/mol. The average Bonchev–Trinajstić information content (AvgIpc) is 3.14. The number of carboxylic acid groups (broad SMARTS) is 1. The standard InChI is InChI=1S/C22H24N4O4/c1-14-6-8-15(9-7-14)11-24-20(27)13-25-22(30)26-19(21(28)29)10-16-12-23-18-5-3-2-4-17(16)18/h2-9,12,19,23H,10-11,13H2,1H3,(H,24,27)(H,28,29)(H2,25,26,30). The Morgan fingerprint density at radius 2 is 1.77 bits per heavy atom. The molecule has 0 spiro atoms. The molecule has 3 amide bonds. The summed E-state index contributed by atoms with van der Waals surface area (Å²) >= 11 is 0. The number of aromatic nitrogens is 1. The number of para-hydroxylation sites is 1. The molecule has 1 unspecified atom stereocenters. The van der Waals surface area contributed by atoms with Gasteiger partial charge in [-0.25, -0.2) is 9.59 Å². The average molecular weight is 408 g/mol. The second-order valence-electron chi connectivity index (χ2n) is 7.04. The van der Waals surface area contributed by atoms with E-state index in [4.69, 9.17) is 0 Å². The molecule has 2 aromatic carbocycles. The quantitative estimate of drug-likeness (QED) is 0.392. The molecule has 8 nitrogen and oxygen atoms in total. The van der Waals surface area contributed by atoms with Crippen LogP contribution in [0.4, 0.5) is 4.79 Å². The molecule has 0 aliphatic heterocycles. The molecule has 0 aliphatic rings. The van der Waals surface area contributed by atoms with Gasteiger partial charge in [-0.15, -0.1) is 0 Å². The number of nitrogens with one attached hydrogen (secondary N) is 4. The fourth-order valence-electron chi connectivity index (χ4n) is 3.06. The molecule has 1 aromatic heterocycles. The minimum atomic E-state index is -1.15. The number of aryl methyl sites for hydroxylation is 1. The lowest BCUT2D eigenvalue weighted by molar-refractivity contribution is -0.139. The van der Waals surface area contributed by atoms with E-state index in [0.29, 0.717) is 6.54 Å². The van der Waals surface area contributed by atoms with E-state index in [9.17, 15) is 19.5 Å². The van der Waals surface area contributed by atoms with Crippen LogP contribution >= 0.6 is 0 Å². The summed E-state index contributed by atoms with van der Waals surface area (Å²) in [6, 6.07) is 13.4. The number of amides is 3. The number of aliphatic carboxylic acids is 1. The summed E-state index contributed by atoms with van der Waals surface area (Å²) in [7, 11) is 0. The van der Waals surface area contributed by atoms with Crippen LogP contribution in [0.1, 0.15) is 16.7 Å². The maximum atomic E-state index is 12.1. The van der Waals surface area contributed by atoms with E-state index in [-0.39, 0.29) is 18.9 Å². The number of carbonyl (C=O) groups excluding carboxylic acids is 2. The number of aromatic amines is 1. The molecule has 3 rings (SSSR count). The molecule has 0 fully saturated rings. The Balaban J connectivity index is 1.48. The zero-order valence-electron chi connectivity index (χ0n) is 16.6. The smallest absolute Gasteiger partial charge is 0.326 e. The number of benzene rings is 2. The van der Waals surface area contributed by atoms with Gasteiger partial charge >= 0.3 is 12.0 Å². The number of rotatable bonds is 8. The van der Waals surface area contributed by atoms with Gasteiger partial charge in [0, 0.05) is 30.1 Å². The van der Waals surface area contributed by atoms with Gasteiger partial charge in [-0.05, 0) is 24.1 Å². The molecular formula is C22H24N4O4. The Labute approximate surface area is 173 Å². The fourth-order valence-corrected chi connectivity index (χ4v) is 3.06. The first-order valence-electron chi connectivity index (χ1n) is 9.57. The van der Waals surface area contributed by atoms with Crippen molar-refractivity contribution in [2.45, 2.75) is 25.9 Å². The maximum absolute atomic E-state index is 12.1. The van der Waals surface area contributed by atoms with Crippen LogP contribution in [0.3, 0.4) is 0 Å². The Morgan fingerprint density at radius 3 is 2.50 bits per heavy atom. The summed E-state index contributed by atoms with van der Waals surface area (Å²) in [6.45, 7) is 2.08. The molecule has 156 valence electrons. The van der Waals surface area contributed by atoms with Gasteiger partial charge in [0.05, 0.1) is 6.54 Å². The van der Waals surface area contributed by atoms with E-state index in [1.165, 1.54) is 0 Å².